The third-order valence-electron chi connectivity index (χ3n) is 2.09. The molecule has 0 aliphatic rings. The first-order chi connectivity index (χ1) is 8.33. The molecule has 4 nitrogen and oxygen atoms in total. The molecule has 0 bridgehead atoms. The van der Waals surface area contributed by atoms with Crippen LogP contribution in [0.4, 0.5) is 0 Å². The highest BCUT2D eigenvalue weighted by atomic mass is 35.5. The molecule has 0 aliphatic carbocycles. The van der Waals surface area contributed by atoms with Crippen LogP contribution in [0.15, 0.2) is 40.5 Å². The van der Waals surface area contributed by atoms with Gasteiger partial charge in [-0.2, -0.15) is 0 Å². The first kappa shape index (κ1) is 10.4. The molecular weight excluding hydrogens is 258 g/mol. The fourth-order valence-electron chi connectivity index (χ4n) is 1.39. The van der Waals surface area contributed by atoms with E-state index in [1.807, 2.05) is 5.38 Å². The van der Waals surface area contributed by atoms with Gasteiger partial charge in [-0.05, 0) is 12.1 Å². The molecule has 3 rings (SSSR count). The molecule has 0 aliphatic heterocycles. The molecule has 0 radical (unpaired) electrons. The molecule has 0 saturated carbocycles. The molecule has 0 unspecified atom stereocenters. The van der Waals surface area contributed by atoms with Crippen LogP contribution < -0.4 is 0 Å². The van der Waals surface area contributed by atoms with Gasteiger partial charge in [0.1, 0.15) is 15.9 Å². The second-order valence-corrected chi connectivity index (χ2v) is 4.50. The van der Waals surface area contributed by atoms with Crippen molar-refractivity contribution in [3.8, 4) is 22.3 Å². The number of thiazole rings is 1. The second-order valence-electron chi connectivity index (χ2n) is 3.21. The van der Waals surface area contributed by atoms with Crippen molar-refractivity contribution in [2.45, 2.75) is 0 Å². The molecule has 0 N–H and O–H groups in total. The number of hydrogen-bond donors (Lipinski definition) is 0. The molecular formula is C11H6ClN3OS. The number of furan rings is 1. The first-order valence-corrected chi connectivity index (χ1v) is 6.07. The number of halogens is 1. The highest BCUT2D eigenvalue weighted by Gasteiger charge is 2.10. The van der Waals surface area contributed by atoms with Crippen LogP contribution in [-0.4, -0.2) is 15.0 Å². The maximum atomic E-state index is 5.97. The number of nitrogens with zero attached hydrogens (tertiary/aromatic N) is 3. The van der Waals surface area contributed by atoms with Gasteiger partial charge in [-0.1, -0.05) is 11.6 Å². The topological polar surface area (TPSA) is 51.8 Å². The molecule has 0 fully saturated rings. The fourth-order valence-corrected chi connectivity index (χ4v) is 2.17. The van der Waals surface area contributed by atoms with E-state index in [4.69, 9.17) is 16.0 Å². The predicted molar refractivity (Wildman–Crippen MR) is 65.9 cm³/mol. The Morgan fingerprint density at radius 1 is 1.29 bits per heavy atom. The van der Waals surface area contributed by atoms with Crippen molar-refractivity contribution in [2.75, 3.05) is 0 Å². The Balaban J connectivity index is 2.13. The molecule has 3 aromatic rings. The minimum absolute atomic E-state index is 0.372. The van der Waals surface area contributed by atoms with E-state index in [1.165, 1.54) is 11.3 Å². The van der Waals surface area contributed by atoms with Gasteiger partial charge in [-0.15, -0.1) is 11.3 Å². The highest BCUT2D eigenvalue weighted by Crippen LogP contribution is 2.25. The van der Waals surface area contributed by atoms with Crippen molar-refractivity contribution in [1.82, 2.24) is 15.0 Å². The van der Waals surface area contributed by atoms with E-state index in [0.717, 1.165) is 5.01 Å². The van der Waals surface area contributed by atoms with Gasteiger partial charge in [-0.3, -0.25) is 0 Å². The van der Waals surface area contributed by atoms with Gasteiger partial charge in [0.2, 0.25) is 0 Å². The second kappa shape index (κ2) is 4.27. The first-order valence-electron chi connectivity index (χ1n) is 4.81. The van der Waals surface area contributed by atoms with Crippen LogP contribution in [0.1, 0.15) is 0 Å². The normalized spacial score (nSPS) is 10.6. The van der Waals surface area contributed by atoms with E-state index in [1.54, 1.807) is 30.7 Å². The van der Waals surface area contributed by atoms with Gasteiger partial charge in [0.25, 0.3) is 0 Å². The molecule has 6 heteroatoms. The monoisotopic (exact) mass is 263 g/mol. The Labute approximate surface area is 106 Å². The Bertz CT molecular complexity index is 570. The third-order valence-corrected chi connectivity index (χ3v) is 3.08. The zero-order valence-corrected chi connectivity index (χ0v) is 10.1. The summed E-state index contributed by atoms with van der Waals surface area (Å²) in [5.74, 6) is 1.05. The Hall–Kier alpha value is -1.72. The number of rotatable bonds is 2. The Morgan fingerprint density at radius 3 is 2.94 bits per heavy atom. The zero-order chi connectivity index (χ0) is 11.7. The lowest BCUT2D eigenvalue weighted by Gasteiger charge is -2.00. The maximum Gasteiger partial charge on any atom is 0.197 e. The van der Waals surface area contributed by atoms with E-state index in [0.29, 0.717) is 22.4 Å². The summed E-state index contributed by atoms with van der Waals surface area (Å²) >= 11 is 7.47. The smallest absolute Gasteiger partial charge is 0.197 e. The summed E-state index contributed by atoms with van der Waals surface area (Å²) in [7, 11) is 0. The Kier molecular flexibility index (Phi) is 2.62. The predicted octanol–water partition coefficient (Wildman–Crippen LogP) is 3.51. The van der Waals surface area contributed by atoms with Crippen LogP contribution in [0.3, 0.4) is 0 Å². The lowest BCUT2D eigenvalue weighted by atomic mass is 10.3. The molecule has 0 aromatic carbocycles. The van der Waals surface area contributed by atoms with Crippen molar-refractivity contribution in [1.29, 1.82) is 0 Å². The molecule has 0 atom stereocenters. The van der Waals surface area contributed by atoms with Crippen LogP contribution in [0, 0.1) is 0 Å². The van der Waals surface area contributed by atoms with Crippen LogP contribution >= 0.6 is 22.9 Å². The van der Waals surface area contributed by atoms with Crippen molar-refractivity contribution < 1.29 is 4.42 Å². The molecule has 17 heavy (non-hydrogen) atoms. The van der Waals surface area contributed by atoms with Gasteiger partial charge in [0.15, 0.2) is 11.6 Å². The molecule has 3 heterocycles. The molecule has 3 aromatic heterocycles. The van der Waals surface area contributed by atoms with Crippen molar-refractivity contribution in [3.05, 3.63) is 41.2 Å². The van der Waals surface area contributed by atoms with Crippen LogP contribution in [0.5, 0.6) is 0 Å². The number of hydrogen-bond acceptors (Lipinski definition) is 5. The average Bonchev–Trinajstić information content (AvgIpc) is 3.02. The minimum atomic E-state index is 0.372. The van der Waals surface area contributed by atoms with E-state index < -0.39 is 0 Å². The summed E-state index contributed by atoms with van der Waals surface area (Å²) in [4.78, 5) is 12.7. The van der Waals surface area contributed by atoms with Crippen molar-refractivity contribution in [3.63, 3.8) is 0 Å². The average molecular weight is 264 g/mol. The third kappa shape index (κ3) is 2.07. The standard InChI is InChI=1S/C11H6ClN3OS/c12-9-6-7(11-13-3-5-17-11)14-10(15-9)8-2-1-4-16-8/h1-6H. The SMILES string of the molecule is Clc1cc(-c2nccs2)nc(-c2ccco2)n1. The van der Waals surface area contributed by atoms with Gasteiger partial charge in [0.05, 0.1) is 6.26 Å². The van der Waals surface area contributed by atoms with E-state index in [2.05, 4.69) is 15.0 Å². The number of aromatic nitrogens is 3. The summed E-state index contributed by atoms with van der Waals surface area (Å²) in [6.07, 6.45) is 3.30. The summed E-state index contributed by atoms with van der Waals surface area (Å²) in [6.45, 7) is 0. The van der Waals surface area contributed by atoms with Crippen molar-refractivity contribution in [2.24, 2.45) is 0 Å². The van der Waals surface area contributed by atoms with E-state index in [9.17, 15) is 0 Å². The lowest BCUT2D eigenvalue weighted by molar-refractivity contribution is 0.577. The van der Waals surface area contributed by atoms with Gasteiger partial charge in [-0.25, -0.2) is 15.0 Å². The Morgan fingerprint density at radius 2 is 2.24 bits per heavy atom. The van der Waals surface area contributed by atoms with Crippen LogP contribution in [0.25, 0.3) is 22.3 Å². The maximum absolute atomic E-state index is 5.97. The van der Waals surface area contributed by atoms with Crippen LogP contribution in [0.2, 0.25) is 5.15 Å². The van der Waals surface area contributed by atoms with Crippen LogP contribution in [-0.2, 0) is 0 Å². The summed E-state index contributed by atoms with van der Waals surface area (Å²) < 4.78 is 5.25. The summed E-state index contributed by atoms with van der Waals surface area (Å²) in [5, 5.41) is 3.07. The van der Waals surface area contributed by atoms with Gasteiger partial charge in [0, 0.05) is 17.6 Å². The van der Waals surface area contributed by atoms with Crippen molar-refractivity contribution >= 4 is 22.9 Å². The summed E-state index contributed by atoms with van der Waals surface area (Å²) in [6, 6.07) is 5.26. The van der Waals surface area contributed by atoms with Gasteiger partial charge < -0.3 is 4.42 Å². The van der Waals surface area contributed by atoms with E-state index >= 15 is 0 Å². The molecule has 0 saturated heterocycles. The van der Waals surface area contributed by atoms with Gasteiger partial charge >= 0.3 is 0 Å². The van der Waals surface area contributed by atoms with E-state index in [-0.39, 0.29) is 0 Å². The zero-order valence-electron chi connectivity index (χ0n) is 8.50. The molecule has 0 amide bonds. The highest BCUT2D eigenvalue weighted by molar-refractivity contribution is 7.13. The quantitative estimate of drug-likeness (QED) is 0.664. The lowest BCUT2D eigenvalue weighted by Crippen LogP contribution is -1.91. The summed E-state index contributed by atoms with van der Waals surface area (Å²) in [5.41, 5.74) is 0.700. The minimum Gasteiger partial charge on any atom is -0.461 e. The fraction of sp³-hybridized carbons (Fsp3) is 0. The molecule has 84 valence electrons. The largest absolute Gasteiger partial charge is 0.461 e. The molecule has 0 spiro atoms.